The first-order valence-electron chi connectivity index (χ1n) is 11.2. The minimum absolute atomic E-state index is 0. The second-order valence-corrected chi connectivity index (χ2v) is 8.38. The van der Waals surface area contributed by atoms with Gasteiger partial charge in [0, 0.05) is 0 Å². The van der Waals surface area contributed by atoms with E-state index in [4.69, 9.17) is 0 Å². The van der Waals surface area contributed by atoms with E-state index in [1.165, 1.54) is 44.5 Å². The molecule has 0 nitrogen and oxygen atoms in total. The van der Waals surface area contributed by atoms with E-state index in [9.17, 15) is 0 Å². The Morgan fingerprint density at radius 3 is 1.30 bits per heavy atom. The predicted octanol–water partition coefficient (Wildman–Crippen LogP) is 2.07. The molecule has 33 heavy (non-hydrogen) atoms. The predicted molar refractivity (Wildman–Crippen MR) is 131 cm³/mol. The fourth-order valence-electron chi connectivity index (χ4n) is 4.21. The van der Waals surface area contributed by atoms with Gasteiger partial charge >= 0.3 is 25.8 Å². The van der Waals surface area contributed by atoms with Crippen molar-refractivity contribution in [3.8, 4) is 0 Å². The van der Waals surface area contributed by atoms with E-state index in [0.29, 0.717) is 11.8 Å². The van der Waals surface area contributed by atoms with Crippen LogP contribution in [0.15, 0.2) is 71.8 Å². The van der Waals surface area contributed by atoms with Crippen molar-refractivity contribution < 1.29 is 50.7 Å². The van der Waals surface area contributed by atoms with Gasteiger partial charge in [0.2, 0.25) is 0 Å². The number of hydrogen-bond acceptors (Lipinski definition) is 0. The van der Waals surface area contributed by atoms with Crippen molar-refractivity contribution in [1.29, 1.82) is 0 Å². The minimum atomic E-state index is 0. The molecule has 0 radical (unpaired) electrons. The van der Waals surface area contributed by atoms with Gasteiger partial charge in [-0.25, -0.2) is 11.1 Å². The number of rotatable bonds is 4. The fourth-order valence-corrected chi connectivity index (χ4v) is 4.21. The molecule has 0 spiro atoms. The van der Waals surface area contributed by atoms with Crippen LogP contribution < -0.4 is 24.8 Å². The van der Waals surface area contributed by atoms with Gasteiger partial charge in [0.05, 0.1) is 0 Å². The minimum Gasteiger partial charge on any atom is -1.00 e. The topological polar surface area (TPSA) is 0 Å². The van der Waals surface area contributed by atoms with E-state index in [2.05, 4.69) is 114 Å². The summed E-state index contributed by atoms with van der Waals surface area (Å²) in [6.07, 6.45) is 13.6. The van der Waals surface area contributed by atoms with Crippen molar-refractivity contribution in [2.45, 2.75) is 54.4 Å². The molecule has 0 amide bonds. The number of halogens is 2. The molecule has 0 bridgehead atoms. The van der Waals surface area contributed by atoms with Crippen molar-refractivity contribution in [2.24, 2.45) is 11.8 Å². The zero-order valence-corrected chi connectivity index (χ0v) is 25.7. The Bertz CT molecular complexity index is 944. The summed E-state index contributed by atoms with van der Waals surface area (Å²) in [5, 5.41) is 0. The van der Waals surface area contributed by atoms with Crippen LogP contribution in [0.25, 0.3) is 11.1 Å². The third-order valence-corrected chi connectivity index (χ3v) is 5.82. The molecule has 2 atom stereocenters. The zero-order chi connectivity index (χ0) is 21.7. The molecule has 2 aromatic rings. The smallest absolute Gasteiger partial charge is 1.00 e. The van der Waals surface area contributed by atoms with Gasteiger partial charge in [-0.2, -0.15) is 23.3 Å². The van der Waals surface area contributed by atoms with E-state index in [0.717, 1.165) is 12.8 Å². The van der Waals surface area contributed by atoms with Crippen LogP contribution in [0.3, 0.4) is 0 Å². The van der Waals surface area contributed by atoms with Gasteiger partial charge in [0.15, 0.2) is 0 Å². The Kier molecular flexibility index (Phi) is 14.4. The SMILES string of the molecule is CCc1cccc(C2=CC(C)[C-]=C2C)c1.CCc1cccc(C2=CC(C)[C-]=C2C)c1.[Cl-].[Cl-].[Hf+4]. The van der Waals surface area contributed by atoms with E-state index >= 15 is 0 Å². The third-order valence-electron chi connectivity index (χ3n) is 5.82. The molecule has 2 aliphatic carbocycles. The average molecular weight is 644 g/mol. The quantitative estimate of drug-likeness (QED) is 0.354. The van der Waals surface area contributed by atoms with Gasteiger partial charge in [-0.15, -0.1) is 11.1 Å². The first kappa shape index (κ1) is 31.9. The fraction of sp³-hybridized carbons (Fsp3) is 0.333. The number of aryl methyl sites for hydroxylation is 2. The summed E-state index contributed by atoms with van der Waals surface area (Å²) in [6.45, 7) is 13.0. The zero-order valence-electron chi connectivity index (χ0n) is 20.6. The second kappa shape index (κ2) is 15.0. The van der Waals surface area contributed by atoms with Gasteiger partial charge in [0.1, 0.15) is 0 Å². The Balaban J connectivity index is 0.000000569. The molecule has 3 heteroatoms. The molecule has 0 saturated carbocycles. The van der Waals surface area contributed by atoms with Crippen LogP contribution in [0.5, 0.6) is 0 Å². The molecule has 0 N–H and O–H groups in total. The first-order valence-corrected chi connectivity index (χ1v) is 11.2. The van der Waals surface area contributed by atoms with Crippen molar-refractivity contribution in [1.82, 2.24) is 0 Å². The summed E-state index contributed by atoms with van der Waals surface area (Å²) < 4.78 is 0. The molecule has 2 aliphatic rings. The first-order chi connectivity index (χ1) is 14.4. The summed E-state index contributed by atoms with van der Waals surface area (Å²) in [6, 6.07) is 17.6. The van der Waals surface area contributed by atoms with Crippen LogP contribution in [0.1, 0.15) is 63.8 Å². The number of allylic oxidation sites excluding steroid dienone is 8. The maximum absolute atomic E-state index is 3.43. The van der Waals surface area contributed by atoms with Crippen molar-refractivity contribution in [3.05, 3.63) is 106 Å². The van der Waals surface area contributed by atoms with Crippen molar-refractivity contribution >= 4 is 11.1 Å². The van der Waals surface area contributed by atoms with Crippen molar-refractivity contribution in [2.75, 3.05) is 0 Å². The van der Waals surface area contributed by atoms with Gasteiger partial charge < -0.3 is 24.8 Å². The van der Waals surface area contributed by atoms with Gasteiger partial charge in [-0.3, -0.25) is 12.2 Å². The molecule has 0 aromatic heterocycles. The largest absolute Gasteiger partial charge is 4.00 e. The van der Waals surface area contributed by atoms with Crippen LogP contribution in [-0.4, -0.2) is 0 Å². The maximum atomic E-state index is 3.43. The van der Waals surface area contributed by atoms with Crippen LogP contribution in [0.2, 0.25) is 0 Å². The molecule has 172 valence electrons. The Morgan fingerprint density at radius 1 is 0.667 bits per heavy atom. The van der Waals surface area contributed by atoms with E-state index < -0.39 is 0 Å². The molecule has 0 aliphatic heterocycles. The second-order valence-electron chi connectivity index (χ2n) is 8.38. The monoisotopic (exact) mass is 644 g/mol. The van der Waals surface area contributed by atoms with Gasteiger partial charge in [0.25, 0.3) is 0 Å². The van der Waals surface area contributed by atoms with Gasteiger partial charge in [-0.1, -0.05) is 102 Å². The van der Waals surface area contributed by atoms with Crippen LogP contribution >= 0.6 is 0 Å². The molecular weight excluding hydrogens is 610 g/mol. The summed E-state index contributed by atoms with van der Waals surface area (Å²) >= 11 is 0. The standard InChI is InChI=1S/2C15H17.2ClH.Hf/c2*1-4-13-6-5-7-14(10-13)15-9-11(2)8-12(15)3;;;/h2*5-7,9-11H,4H2,1-3H3;2*1H;/q2*-1;;;+4/p-2. The summed E-state index contributed by atoms with van der Waals surface area (Å²) in [5.74, 6) is 0.926. The molecule has 0 heterocycles. The van der Waals surface area contributed by atoms with Crippen molar-refractivity contribution in [3.63, 3.8) is 0 Å². The van der Waals surface area contributed by atoms with Crippen LogP contribution in [-0.2, 0) is 38.7 Å². The Labute approximate surface area is 233 Å². The summed E-state index contributed by atoms with van der Waals surface area (Å²) in [5.41, 5.74) is 10.8. The summed E-state index contributed by atoms with van der Waals surface area (Å²) in [7, 11) is 0. The molecule has 0 saturated heterocycles. The van der Waals surface area contributed by atoms with Crippen LogP contribution in [0.4, 0.5) is 0 Å². The van der Waals surface area contributed by atoms with E-state index in [-0.39, 0.29) is 50.7 Å². The van der Waals surface area contributed by atoms with Gasteiger partial charge in [-0.05, 0) is 24.0 Å². The molecule has 2 aromatic carbocycles. The Hall–Kier alpha value is -1.15. The normalized spacial score (nSPS) is 18.2. The van der Waals surface area contributed by atoms with E-state index in [1.807, 2.05) is 0 Å². The Morgan fingerprint density at radius 2 is 1.03 bits per heavy atom. The number of hydrogen-bond donors (Lipinski definition) is 0. The summed E-state index contributed by atoms with van der Waals surface area (Å²) in [4.78, 5) is 0. The molecule has 0 fully saturated rings. The average Bonchev–Trinajstić information content (AvgIpc) is 3.28. The van der Waals surface area contributed by atoms with E-state index in [1.54, 1.807) is 0 Å². The molecular formula is C30H34Cl2Hf. The third kappa shape index (κ3) is 8.53. The maximum Gasteiger partial charge on any atom is 4.00 e. The molecule has 2 unspecified atom stereocenters. The van der Waals surface area contributed by atoms with Crippen LogP contribution in [0, 0.1) is 24.0 Å². The number of benzene rings is 2. The molecule has 4 rings (SSSR count).